The van der Waals surface area contributed by atoms with Crippen molar-refractivity contribution >= 4 is 23.6 Å². The summed E-state index contributed by atoms with van der Waals surface area (Å²) in [6, 6.07) is 14.9. The molecule has 1 aromatic heterocycles. The number of ether oxygens (including phenoxy) is 1. The van der Waals surface area contributed by atoms with E-state index in [2.05, 4.69) is 5.16 Å². The molecule has 0 saturated carbocycles. The third-order valence-electron chi connectivity index (χ3n) is 4.48. The largest absolute Gasteiger partial charge is 0.452 e. The van der Waals surface area contributed by atoms with Crippen molar-refractivity contribution < 1.29 is 23.2 Å². The molecule has 0 bridgehead atoms. The van der Waals surface area contributed by atoms with E-state index in [9.17, 15) is 14.0 Å². The topological polar surface area (TPSA) is 72.6 Å². The molecule has 0 fully saturated rings. The summed E-state index contributed by atoms with van der Waals surface area (Å²) in [7, 11) is 0. The summed E-state index contributed by atoms with van der Waals surface area (Å²) in [4.78, 5) is 27.4. The maximum Gasteiger partial charge on any atom is 0.339 e. The van der Waals surface area contributed by atoms with Crippen LogP contribution in [-0.2, 0) is 21.8 Å². The van der Waals surface area contributed by atoms with Crippen molar-refractivity contribution in [2.24, 2.45) is 0 Å². The molecule has 8 heteroatoms. The first-order chi connectivity index (χ1) is 15.0. The van der Waals surface area contributed by atoms with Gasteiger partial charge in [-0.2, -0.15) is 0 Å². The van der Waals surface area contributed by atoms with E-state index in [-0.39, 0.29) is 24.9 Å². The highest BCUT2D eigenvalue weighted by molar-refractivity contribution is 7.98. The van der Waals surface area contributed by atoms with Crippen molar-refractivity contribution in [3.8, 4) is 0 Å². The number of nitrogens with zero attached hydrogens (tertiary/aromatic N) is 2. The predicted molar refractivity (Wildman–Crippen MR) is 115 cm³/mol. The van der Waals surface area contributed by atoms with Gasteiger partial charge in [0.25, 0.3) is 5.91 Å². The van der Waals surface area contributed by atoms with Gasteiger partial charge in [0.1, 0.15) is 11.6 Å². The lowest BCUT2D eigenvalue weighted by atomic mass is 10.2. The van der Waals surface area contributed by atoms with Gasteiger partial charge in [-0.3, -0.25) is 4.79 Å². The lowest BCUT2D eigenvalue weighted by Crippen LogP contribution is -2.34. The Balaban J connectivity index is 1.58. The van der Waals surface area contributed by atoms with Crippen LogP contribution in [0.1, 0.15) is 34.3 Å². The maximum atomic E-state index is 13.4. The van der Waals surface area contributed by atoms with Crippen LogP contribution < -0.4 is 0 Å². The van der Waals surface area contributed by atoms with Gasteiger partial charge >= 0.3 is 5.97 Å². The van der Waals surface area contributed by atoms with E-state index in [1.807, 2.05) is 32.0 Å². The average molecular weight is 443 g/mol. The summed E-state index contributed by atoms with van der Waals surface area (Å²) in [6.45, 7) is 3.93. The Kier molecular flexibility index (Phi) is 7.83. The molecule has 162 valence electrons. The number of esters is 1. The fourth-order valence-electron chi connectivity index (χ4n) is 2.92. The molecule has 0 atom stereocenters. The van der Waals surface area contributed by atoms with Crippen molar-refractivity contribution in [1.29, 1.82) is 0 Å². The Morgan fingerprint density at radius 2 is 1.97 bits per heavy atom. The highest BCUT2D eigenvalue weighted by Crippen LogP contribution is 2.27. The second-order valence-electron chi connectivity index (χ2n) is 6.83. The molecule has 0 aliphatic heterocycles. The molecule has 31 heavy (non-hydrogen) atoms. The summed E-state index contributed by atoms with van der Waals surface area (Å²) in [5, 5.41) is 3.85. The average Bonchev–Trinajstić information content (AvgIpc) is 3.19. The van der Waals surface area contributed by atoms with Gasteiger partial charge < -0.3 is 14.2 Å². The summed E-state index contributed by atoms with van der Waals surface area (Å²) in [5.41, 5.74) is 1.84. The molecule has 3 aromatic rings. The van der Waals surface area contributed by atoms with Crippen LogP contribution in [0, 0.1) is 12.7 Å². The van der Waals surface area contributed by atoms with Crippen molar-refractivity contribution in [2.75, 3.05) is 13.2 Å². The molecule has 0 aliphatic carbocycles. The number of hydrogen-bond donors (Lipinski definition) is 0. The second kappa shape index (κ2) is 10.8. The molecule has 0 aliphatic rings. The van der Waals surface area contributed by atoms with E-state index in [0.29, 0.717) is 29.2 Å². The number of carbonyl (C=O) groups excluding carboxylic acids is 2. The number of rotatable bonds is 9. The van der Waals surface area contributed by atoms with Gasteiger partial charge in [-0.05, 0) is 43.7 Å². The molecular formula is C23H23FN2O4S. The Hall–Kier alpha value is -3.13. The molecule has 2 aromatic carbocycles. The minimum absolute atomic E-state index is 0.244. The molecule has 0 N–H and O–H groups in total. The number of thioether (sulfide) groups is 1. The fraction of sp³-hybridized carbons (Fsp3) is 0.261. The molecule has 0 spiro atoms. The zero-order valence-electron chi connectivity index (χ0n) is 17.3. The summed E-state index contributed by atoms with van der Waals surface area (Å²) >= 11 is 1.42. The summed E-state index contributed by atoms with van der Waals surface area (Å²) in [5.74, 6) is -0.0605. The van der Waals surface area contributed by atoms with E-state index in [4.69, 9.17) is 9.26 Å². The van der Waals surface area contributed by atoms with Crippen LogP contribution in [0.3, 0.4) is 0 Å². The van der Waals surface area contributed by atoms with Crippen molar-refractivity contribution in [2.45, 2.75) is 31.0 Å². The number of aryl methyl sites for hydroxylation is 1. The van der Waals surface area contributed by atoms with E-state index in [0.717, 1.165) is 10.6 Å². The monoisotopic (exact) mass is 442 g/mol. The lowest BCUT2D eigenvalue weighted by Gasteiger charge is -2.21. The number of benzene rings is 2. The van der Waals surface area contributed by atoms with Crippen molar-refractivity contribution in [1.82, 2.24) is 10.1 Å². The molecule has 0 unspecified atom stereocenters. The van der Waals surface area contributed by atoms with Crippen LogP contribution in [0.25, 0.3) is 0 Å². The van der Waals surface area contributed by atoms with Gasteiger partial charge in [0.05, 0.1) is 17.0 Å². The lowest BCUT2D eigenvalue weighted by molar-refractivity contribution is -0.134. The molecule has 3 rings (SSSR count). The Labute approximate surface area is 184 Å². The molecule has 0 radical (unpaired) electrons. The van der Waals surface area contributed by atoms with Crippen molar-refractivity contribution in [3.63, 3.8) is 0 Å². The Morgan fingerprint density at radius 1 is 1.16 bits per heavy atom. The van der Waals surface area contributed by atoms with E-state index in [1.54, 1.807) is 24.3 Å². The van der Waals surface area contributed by atoms with Crippen LogP contribution >= 0.6 is 11.8 Å². The Morgan fingerprint density at radius 3 is 2.68 bits per heavy atom. The minimum atomic E-state index is -0.577. The first-order valence-corrected chi connectivity index (χ1v) is 10.8. The Bertz CT molecular complexity index is 1050. The van der Waals surface area contributed by atoms with Gasteiger partial charge in [-0.1, -0.05) is 29.4 Å². The normalized spacial score (nSPS) is 10.7. The number of likely N-dealkylation sites (N-methyl/N-ethyl adjacent to an activating group) is 1. The van der Waals surface area contributed by atoms with E-state index >= 15 is 0 Å². The summed E-state index contributed by atoms with van der Waals surface area (Å²) < 4.78 is 23.9. The van der Waals surface area contributed by atoms with Gasteiger partial charge in [0.15, 0.2) is 6.61 Å². The molecular weight excluding hydrogens is 419 g/mol. The van der Waals surface area contributed by atoms with Crippen LogP contribution in [0.4, 0.5) is 4.39 Å². The van der Waals surface area contributed by atoms with Gasteiger partial charge in [-0.15, -0.1) is 11.8 Å². The predicted octanol–water partition coefficient (Wildman–Crippen LogP) is 4.62. The highest BCUT2D eigenvalue weighted by Gasteiger charge is 2.18. The van der Waals surface area contributed by atoms with Gasteiger partial charge in [0, 0.05) is 24.1 Å². The summed E-state index contributed by atoms with van der Waals surface area (Å²) in [6.07, 6.45) is 0. The van der Waals surface area contributed by atoms with Crippen LogP contribution in [0.2, 0.25) is 0 Å². The van der Waals surface area contributed by atoms with Crippen LogP contribution in [0.5, 0.6) is 0 Å². The number of carbonyl (C=O) groups is 2. The van der Waals surface area contributed by atoms with Gasteiger partial charge in [-0.25, -0.2) is 9.18 Å². The number of halogens is 1. The van der Waals surface area contributed by atoms with Crippen LogP contribution in [0.15, 0.2) is 64.0 Å². The first-order valence-electron chi connectivity index (χ1n) is 9.79. The van der Waals surface area contributed by atoms with Crippen molar-refractivity contribution in [3.05, 3.63) is 83.0 Å². The zero-order chi connectivity index (χ0) is 22.2. The van der Waals surface area contributed by atoms with Gasteiger partial charge in [0.2, 0.25) is 0 Å². The number of hydrogen-bond acceptors (Lipinski definition) is 6. The van der Waals surface area contributed by atoms with E-state index < -0.39 is 5.97 Å². The number of amides is 1. The zero-order valence-corrected chi connectivity index (χ0v) is 18.2. The highest BCUT2D eigenvalue weighted by atomic mass is 32.2. The molecule has 1 heterocycles. The third kappa shape index (κ3) is 6.42. The first kappa shape index (κ1) is 22.6. The molecule has 1 amide bonds. The maximum absolute atomic E-state index is 13.4. The quantitative estimate of drug-likeness (QED) is 0.356. The SMILES string of the molecule is CCN(Cc1cccc(F)c1)C(=O)COC(=O)c1ccccc1SCc1cc(C)no1. The van der Waals surface area contributed by atoms with E-state index in [1.165, 1.54) is 28.8 Å². The smallest absolute Gasteiger partial charge is 0.339 e. The fourth-order valence-corrected chi connectivity index (χ4v) is 3.84. The standard InChI is InChI=1S/C23H23FN2O4S/c1-3-26(13-17-7-6-8-18(24)12-17)22(27)14-29-23(28)20-9-4-5-10-21(20)31-15-19-11-16(2)25-30-19/h4-12H,3,13-15H2,1-2H3. The third-order valence-corrected chi connectivity index (χ3v) is 5.57. The minimum Gasteiger partial charge on any atom is -0.452 e. The van der Waals surface area contributed by atoms with Crippen LogP contribution in [-0.4, -0.2) is 35.1 Å². The molecule has 0 saturated heterocycles. The molecule has 6 nitrogen and oxygen atoms in total. The number of aromatic nitrogens is 1. The second-order valence-corrected chi connectivity index (χ2v) is 7.85.